The Morgan fingerprint density at radius 2 is 2.00 bits per heavy atom. The number of nitriles is 1. The van der Waals surface area contributed by atoms with Crippen molar-refractivity contribution >= 4 is 0 Å². The number of hydrogen-bond acceptors (Lipinski definition) is 3. The molecule has 3 nitrogen and oxygen atoms in total. The molecule has 96 valence electrons. The van der Waals surface area contributed by atoms with Crippen molar-refractivity contribution in [2.75, 3.05) is 0 Å². The van der Waals surface area contributed by atoms with Crippen molar-refractivity contribution in [3.63, 3.8) is 0 Å². The van der Waals surface area contributed by atoms with Gasteiger partial charge in [-0.2, -0.15) is 5.26 Å². The van der Waals surface area contributed by atoms with Crippen LogP contribution >= 0.6 is 0 Å². The standard InChI is InChI=1S/C15H14FN3/c1-10-8-11(4-5-12(10)16)13-6-7-18-14(19-13)15(2,3)9-17/h4-8H,1-3H3. The van der Waals surface area contributed by atoms with Crippen molar-refractivity contribution in [1.82, 2.24) is 9.97 Å². The van der Waals surface area contributed by atoms with Crippen LogP contribution < -0.4 is 0 Å². The van der Waals surface area contributed by atoms with Crippen LogP contribution in [0.15, 0.2) is 30.5 Å². The number of hydrogen-bond donors (Lipinski definition) is 0. The second-order valence-corrected chi connectivity index (χ2v) is 4.97. The molecule has 19 heavy (non-hydrogen) atoms. The highest BCUT2D eigenvalue weighted by molar-refractivity contribution is 5.59. The number of halogens is 1. The summed E-state index contributed by atoms with van der Waals surface area (Å²) in [6.07, 6.45) is 1.62. The first-order valence-electron chi connectivity index (χ1n) is 5.95. The minimum absolute atomic E-state index is 0.240. The van der Waals surface area contributed by atoms with E-state index in [0.717, 1.165) is 5.56 Å². The number of aromatic nitrogens is 2. The Bertz CT molecular complexity index is 657. The Morgan fingerprint density at radius 3 is 2.63 bits per heavy atom. The van der Waals surface area contributed by atoms with Gasteiger partial charge < -0.3 is 0 Å². The molecular formula is C15H14FN3. The predicted molar refractivity (Wildman–Crippen MR) is 70.8 cm³/mol. The average molecular weight is 255 g/mol. The topological polar surface area (TPSA) is 49.6 Å². The molecule has 0 aliphatic rings. The van der Waals surface area contributed by atoms with E-state index in [0.29, 0.717) is 17.1 Å². The monoisotopic (exact) mass is 255 g/mol. The van der Waals surface area contributed by atoms with Crippen LogP contribution in [-0.2, 0) is 5.41 Å². The molecule has 0 aliphatic carbocycles. The van der Waals surface area contributed by atoms with Gasteiger partial charge >= 0.3 is 0 Å². The Labute approximate surface area is 111 Å². The van der Waals surface area contributed by atoms with Gasteiger partial charge in [-0.05, 0) is 50.6 Å². The zero-order valence-corrected chi connectivity index (χ0v) is 11.1. The van der Waals surface area contributed by atoms with Crippen molar-refractivity contribution < 1.29 is 4.39 Å². The van der Waals surface area contributed by atoms with Gasteiger partial charge in [-0.25, -0.2) is 14.4 Å². The zero-order chi connectivity index (χ0) is 14.0. The van der Waals surface area contributed by atoms with E-state index < -0.39 is 5.41 Å². The highest BCUT2D eigenvalue weighted by Crippen LogP contribution is 2.23. The van der Waals surface area contributed by atoms with Gasteiger partial charge in [0.05, 0.1) is 11.8 Å². The lowest BCUT2D eigenvalue weighted by molar-refractivity contribution is 0.618. The number of aryl methyl sites for hydroxylation is 1. The van der Waals surface area contributed by atoms with Crippen molar-refractivity contribution in [2.24, 2.45) is 0 Å². The fourth-order valence-electron chi connectivity index (χ4n) is 1.67. The molecule has 0 unspecified atom stereocenters. The van der Waals surface area contributed by atoms with Gasteiger partial charge in [0.15, 0.2) is 0 Å². The van der Waals surface area contributed by atoms with Crippen molar-refractivity contribution in [3.05, 3.63) is 47.7 Å². The van der Waals surface area contributed by atoms with Crippen LogP contribution in [0.2, 0.25) is 0 Å². The summed E-state index contributed by atoms with van der Waals surface area (Å²) in [6.45, 7) is 5.24. The van der Waals surface area contributed by atoms with Gasteiger partial charge in [0.25, 0.3) is 0 Å². The van der Waals surface area contributed by atoms with Crippen LogP contribution in [-0.4, -0.2) is 9.97 Å². The fourth-order valence-corrected chi connectivity index (χ4v) is 1.67. The van der Waals surface area contributed by atoms with Gasteiger partial charge in [-0.1, -0.05) is 0 Å². The molecule has 0 saturated carbocycles. The molecule has 0 bridgehead atoms. The maximum absolute atomic E-state index is 13.3. The van der Waals surface area contributed by atoms with E-state index in [4.69, 9.17) is 5.26 Å². The number of nitrogens with zero attached hydrogens (tertiary/aromatic N) is 3. The van der Waals surface area contributed by atoms with Gasteiger partial charge in [-0.3, -0.25) is 0 Å². The molecule has 0 aliphatic heterocycles. The Morgan fingerprint density at radius 1 is 1.26 bits per heavy atom. The normalized spacial score (nSPS) is 11.1. The summed E-state index contributed by atoms with van der Waals surface area (Å²) >= 11 is 0. The second kappa shape index (κ2) is 4.77. The zero-order valence-electron chi connectivity index (χ0n) is 11.1. The molecule has 0 fully saturated rings. The van der Waals surface area contributed by atoms with Crippen LogP contribution in [0.3, 0.4) is 0 Å². The summed E-state index contributed by atoms with van der Waals surface area (Å²) in [4.78, 5) is 8.54. The van der Waals surface area contributed by atoms with E-state index in [1.54, 1.807) is 45.2 Å². The molecule has 0 saturated heterocycles. The van der Waals surface area contributed by atoms with E-state index in [1.165, 1.54) is 6.07 Å². The molecule has 4 heteroatoms. The Hall–Kier alpha value is -2.28. The average Bonchev–Trinajstić information content (AvgIpc) is 2.42. The molecule has 0 atom stereocenters. The van der Waals surface area contributed by atoms with E-state index in [-0.39, 0.29) is 5.82 Å². The molecule has 2 rings (SSSR count). The molecule has 1 heterocycles. The summed E-state index contributed by atoms with van der Waals surface area (Å²) in [7, 11) is 0. The second-order valence-electron chi connectivity index (χ2n) is 4.97. The van der Waals surface area contributed by atoms with Gasteiger partial charge in [-0.15, -0.1) is 0 Å². The van der Waals surface area contributed by atoms with E-state index in [1.807, 2.05) is 0 Å². The predicted octanol–water partition coefficient (Wildman–Crippen LogP) is 3.39. The molecular weight excluding hydrogens is 241 g/mol. The van der Waals surface area contributed by atoms with Gasteiger partial charge in [0.1, 0.15) is 17.1 Å². The maximum atomic E-state index is 13.3. The summed E-state index contributed by atoms with van der Waals surface area (Å²) < 4.78 is 13.3. The highest BCUT2D eigenvalue weighted by Gasteiger charge is 2.23. The lowest BCUT2D eigenvalue weighted by atomic mass is 9.94. The Kier molecular flexibility index (Phi) is 3.30. The molecule has 2 aromatic rings. The third-order valence-electron chi connectivity index (χ3n) is 2.95. The van der Waals surface area contributed by atoms with Crippen LogP contribution in [0, 0.1) is 24.1 Å². The van der Waals surface area contributed by atoms with Gasteiger partial charge in [0.2, 0.25) is 0 Å². The summed E-state index contributed by atoms with van der Waals surface area (Å²) in [5.74, 6) is 0.227. The highest BCUT2D eigenvalue weighted by atomic mass is 19.1. The smallest absolute Gasteiger partial charge is 0.148 e. The third kappa shape index (κ3) is 2.60. The summed E-state index contributed by atoms with van der Waals surface area (Å²) in [6, 6.07) is 8.76. The van der Waals surface area contributed by atoms with Crippen molar-refractivity contribution in [3.8, 4) is 17.3 Å². The molecule has 1 aromatic heterocycles. The van der Waals surface area contributed by atoms with E-state index in [9.17, 15) is 4.39 Å². The fraction of sp³-hybridized carbons (Fsp3) is 0.267. The largest absolute Gasteiger partial charge is 0.240 e. The lowest BCUT2D eigenvalue weighted by Gasteiger charge is -2.14. The molecule has 0 spiro atoms. The molecule has 0 N–H and O–H groups in total. The number of rotatable bonds is 2. The van der Waals surface area contributed by atoms with Crippen molar-refractivity contribution in [1.29, 1.82) is 5.26 Å². The molecule has 1 aromatic carbocycles. The quantitative estimate of drug-likeness (QED) is 0.826. The first-order valence-corrected chi connectivity index (χ1v) is 5.95. The first-order chi connectivity index (χ1) is 8.94. The molecule has 0 radical (unpaired) electrons. The van der Waals surface area contributed by atoms with E-state index >= 15 is 0 Å². The van der Waals surface area contributed by atoms with Crippen LogP contribution in [0.25, 0.3) is 11.3 Å². The Balaban J connectivity index is 2.50. The maximum Gasteiger partial charge on any atom is 0.148 e. The summed E-state index contributed by atoms with van der Waals surface area (Å²) in [5.41, 5.74) is 1.33. The first kappa shape index (κ1) is 13.2. The minimum atomic E-state index is -0.745. The van der Waals surface area contributed by atoms with E-state index in [2.05, 4.69) is 16.0 Å². The van der Waals surface area contributed by atoms with Crippen molar-refractivity contribution in [2.45, 2.75) is 26.2 Å². The lowest BCUT2D eigenvalue weighted by Crippen LogP contribution is -2.18. The van der Waals surface area contributed by atoms with Crippen LogP contribution in [0.1, 0.15) is 25.2 Å². The number of benzene rings is 1. The minimum Gasteiger partial charge on any atom is -0.240 e. The van der Waals surface area contributed by atoms with Crippen LogP contribution in [0.5, 0.6) is 0 Å². The SMILES string of the molecule is Cc1cc(-c2ccnc(C(C)(C)C#N)n2)ccc1F. The summed E-state index contributed by atoms with van der Waals surface area (Å²) in [5, 5.41) is 9.11. The molecule has 0 amide bonds. The third-order valence-corrected chi connectivity index (χ3v) is 2.95. The van der Waals surface area contributed by atoms with Gasteiger partial charge in [0, 0.05) is 11.8 Å². The van der Waals surface area contributed by atoms with Crippen LogP contribution in [0.4, 0.5) is 4.39 Å².